The van der Waals surface area contributed by atoms with E-state index in [1.807, 2.05) is 31.0 Å². The Labute approximate surface area is 135 Å². The maximum Gasteiger partial charge on any atom is 0.251 e. The van der Waals surface area contributed by atoms with Crippen LogP contribution < -0.4 is 10.2 Å². The molecule has 1 amide bonds. The molecule has 0 radical (unpaired) electrons. The number of benzene rings is 1. The van der Waals surface area contributed by atoms with Crippen molar-refractivity contribution in [2.45, 2.75) is 26.3 Å². The van der Waals surface area contributed by atoms with Gasteiger partial charge in [0.15, 0.2) is 5.82 Å². The highest BCUT2D eigenvalue weighted by Gasteiger charge is 2.19. The van der Waals surface area contributed by atoms with Gasteiger partial charge in [0, 0.05) is 24.8 Å². The third kappa shape index (κ3) is 4.29. The number of hydrogen-bond acceptors (Lipinski definition) is 6. The minimum atomic E-state index is -0.305. The number of anilines is 1. The average molecular weight is 318 g/mol. The second-order valence-electron chi connectivity index (χ2n) is 5.31. The standard InChI is InChI=1S/C16H22N4O3/c1-4-14(16-17-11(2)19-23-16)18-15(22)12-5-7-13(8-6-12)20(3)9-10-21/h5-8,14,21H,4,9-10H2,1-3H3,(H,18,22)/t14-/m1/s1. The van der Waals surface area contributed by atoms with E-state index < -0.39 is 0 Å². The SMILES string of the molecule is CC[C@@H](NC(=O)c1ccc(N(C)CCO)cc1)c1nc(C)no1. The Morgan fingerprint density at radius 3 is 2.61 bits per heavy atom. The van der Waals surface area contributed by atoms with Crippen LogP contribution in [-0.4, -0.2) is 41.4 Å². The number of aliphatic hydroxyl groups is 1. The monoisotopic (exact) mass is 318 g/mol. The molecule has 23 heavy (non-hydrogen) atoms. The van der Waals surface area contributed by atoms with Crippen LogP contribution in [0.3, 0.4) is 0 Å². The maximum absolute atomic E-state index is 12.3. The predicted octanol–water partition coefficient (Wildman–Crippen LogP) is 1.69. The first kappa shape index (κ1) is 17.0. The second-order valence-corrected chi connectivity index (χ2v) is 5.31. The molecule has 1 heterocycles. The van der Waals surface area contributed by atoms with E-state index in [1.165, 1.54) is 0 Å². The number of nitrogens with one attached hydrogen (secondary N) is 1. The summed E-state index contributed by atoms with van der Waals surface area (Å²) in [6.07, 6.45) is 0.657. The Balaban J connectivity index is 2.05. The summed E-state index contributed by atoms with van der Waals surface area (Å²) in [5.41, 5.74) is 1.50. The number of aryl methyl sites for hydroxylation is 1. The summed E-state index contributed by atoms with van der Waals surface area (Å²) in [7, 11) is 1.89. The number of nitrogens with zero attached hydrogens (tertiary/aromatic N) is 3. The van der Waals surface area contributed by atoms with Crippen LogP contribution >= 0.6 is 0 Å². The molecule has 0 bridgehead atoms. The van der Waals surface area contributed by atoms with E-state index in [-0.39, 0.29) is 18.6 Å². The Kier molecular flexibility index (Phi) is 5.70. The van der Waals surface area contributed by atoms with Gasteiger partial charge in [0.1, 0.15) is 6.04 Å². The van der Waals surface area contributed by atoms with E-state index in [0.717, 1.165) is 5.69 Å². The van der Waals surface area contributed by atoms with Crippen molar-refractivity contribution in [3.05, 3.63) is 41.5 Å². The van der Waals surface area contributed by atoms with E-state index in [2.05, 4.69) is 15.5 Å². The third-order valence-corrected chi connectivity index (χ3v) is 3.56. The number of rotatable bonds is 7. The van der Waals surface area contributed by atoms with E-state index in [9.17, 15) is 4.79 Å². The van der Waals surface area contributed by atoms with Crippen LogP contribution in [-0.2, 0) is 0 Å². The minimum absolute atomic E-state index is 0.0838. The van der Waals surface area contributed by atoms with Gasteiger partial charge in [0.25, 0.3) is 5.91 Å². The number of aromatic nitrogens is 2. The van der Waals surface area contributed by atoms with Gasteiger partial charge in [0.05, 0.1) is 6.61 Å². The molecule has 0 aliphatic heterocycles. The van der Waals surface area contributed by atoms with Crippen LogP contribution in [0, 0.1) is 6.92 Å². The van der Waals surface area contributed by atoms with Crippen LogP contribution in [0.15, 0.2) is 28.8 Å². The summed E-state index contributed by atoms with van der Waals surface area (Å²) >= 11 is 0. The predicted molar refractivity (Wildman–Crippen MR) is 86.3 cm³/mol. The number of carbonyl (C=O) groups excluding carboxylic acids is 1. The zero-order chi connectivity index (χ0) is 16.8. The van der Waals surface area contributed by atoms with Crippen LogP contribution in [0.5, 0.6) is 0 Å². The molecular formula is C16H22N4O3. The lowest BCUT2D eigenvalue weighted by molar-refractivity contribution is 0.0927. The number of likely N-dealkylation sites (N-methyl/N-ethyl adjacent to an activating group) is 1. The van der Waals surface area contributed by atoms with E-state index in [0.29, 0.717) is 30.2 Å². The van der Waals surface area contributed by atoms with Gasteiger partial charge in [-0.15, -0.1) is 0 Å². The van der Waals surface area contributed by atoms with Crippen molar-refractivity contribution in [2.24, 2.45) is 0 Å². The fourth-order valence-electron chi connectivity index (χ4n) is 2.18. The molecule has 0 saturated carbocycles. The lowest BCUT2D eigenvalue weighted by Crippen LogP contribution is -2.28. The van der Waals surface area contributed by atoms with Crippen molar-refractivity contribution < 1.29 is 14.4 Å². The normalized spacial score (nSPS) is 12.0. The van der Waals surface area contributed by atoms with Crippen molar-refractivity contribution in [3.8, 4) is 0 Å². The molecule has 1 atom stereocenters. The fraction of sp³-hybridized carbons (Fsp3) is 0.438. The van der Waals surface area contributed by atoms with Gasteiger partial charge in [-0.2, -0.15) is 4.98 Å². The number of aliphatic hydroxyl groups excluding tert-OH is 1. The largest absolute Gasteiger partial charge is 0.395 e. The zero-order valence-electron chi connectivity index (χ0n) is 13.6. The van der Waals surface area contributed by atoms with Gasteiger partial charge in [0.2, 0.25) is 5.89 Å². The molecule has 1 aromatic heterocycles. The summed E-state index contributed by atoms with van der Waals surface area (Å²) in [6, 6.07) is 6.90. The Morgan fingerprint density at radius 1 is 1.39 bits per heavy atom. The highest BCUT2D eigenvalue weighted by atomic mass is 16.5. The molecule has 2 N–H and O–H groups in total. The van der Waals surface area contributed by atoms with Gasteiger partial charge >= 0.3 is 0 Å². The van der Waals surface area contributed by atoms with Gasteiger partial charge in [-0.1, -0.05) is 12.1 Å². The summed E-state index contributed by atoms with van der Waals surface area (Å²) in [6.45, 7) is 4.31. The molecule has 0 saturated heterocycles. The molecule has 7 heteroatoms. The molecule has 2 aromatic rings. The summed E-state index contributed by atoms with van der Waals surface area (Å²) in [5, 5.41) is 15.6. The van der Waals surface area contributed by atoms with Gasteiger partial charge in [-0.3, -0.25) is 4.79 Å². The molecule has 2 rings (SSSR count). The van der Waals surface area contributed by atoms with Crippen molar-refractivity contribution in [3.63, 3.8) is 0 Å². The quantitative estimate of drug-likeness (QED) is 0.807. The maximum atomic E-state index is 12.3. The molecular weight excluding hydrogens is 296 g/mol. The van der Waals surface area contributed by atoms with E-state index in [4.69, 9.17) is 9.63 Å². The van der Waals surface area contributed by atoms with Crippen molar-refractivity contribution in [2.75, 3.05) is 25.1 Å². The van der Waals surface area contributed by atoms with Gasteiger partial charge < -0.3 is 19.8 Å². The van der Waals surface area contributed by atoms with Gasteiger partial charge in [-0.05, 0) is 37.6 Å². The Morgan fingerprint density at radius 2 is 2.09 bits per heavy atom. The van der Waals surface area contributed by atoms with Crippen molar-refractivity contribution >= 4 is 11.6 Å². The molecule has 7 nitrogen and oxygen atoms in total. The van der Waals surface area contributed by atoms with Crippen molar-refractivity contribution in [1.29, 1.82) is 0 Å². The molecule has 0 aliphatic rings. The minimum Gasteiger partial charge on any atom is -0.395 e. The fourth-order valence-corrected chi connectivity index (χ4v) is 2.18. The van der Waals surface area contributed by atoms with Crippen LogP contribution in [0.4, 0.5) is 5.69 Å². The first-order chi connectivity index (χ1) is 11.0. The second kappa shape index (κ2) is 7.73. The average Bonchev–Trinajstić information content (AvgIpc) is 2.99. The summed E-state index contributed by atoms with van der Waals surface area (Å²) in [5.74, 6) is 0.769. The Bertz CT molecular complexity index is 639. The zero-order valence-corrected chi connectivity index (χ0v) is 13.6. The van der Waals surface area contributed by atoms with Gasteiger partial charge in [-0.25, -0.2) is 0 Å². The van der Waals surface area contributed by atoms with Crippen LogP contribution in [0.2, 0.25) is 0 Å². The highest BCUT2D eigenvalue weighted by Crippen LogP contribution is 2.17. The molecule has 1 aromatic carbocycles. The lowest BCUT2D eigenvalue weighted by atomic mass is 10.1. The topological polar surface area (TPSA) is 91.5 Å². The lowest BCUT2D eigenvalue weighted by Gasteiger charge is -2.18. The van der Waals surface area contributed by atoms with E-state index in [1.54, 1.807) is 19.1 Å². The first-order valence-corrected chi connectivity index (χ1v) is 7.58. The Hall–Kier alpha value is -2.41. The van der Waals surface area contributed by atoms with Crippen LogP contribution in [0.25, 0.3) is 0 Å². The van der Waals surface area contributed by atoms with Crippen molar-refractivity contribution in [1.82, 2.24) is 15.5 Å². The molecule has 0 unspecified atom stereocenters. The highest BCUT2D eigenvalue weighted by molar-refractivity contribution is 5.94. The summed E-state index contributed by atoms with van der Waals surface area (Å²) in [4.78, 5) is 18.4. The van der Waals surface area contributed by atoms with Crippen LogP contribution in [0.1, 0.15) is 41.5 Å². The number of carbonyl (C=O) groups is 1. The number of hydrogen-bond donors (Lipinski definition) is 2. The third-order valence-electron chi connectivity index (χ3n) is 3.56. The number of amides is 1. The molecule has 0 fully saturated rings. The first-order valence-electron chi connectivity index (χ1n) is 7.58. The smallest absolute Gasteiger partial charge is 0.251 e. The molecule has 124 valence electrons. The van der Waals surface area contributed by atoms with E-state index >= 15 is 0 Å². The summed E-state index contributed by atoms with van der Waals surface area (Å²) < 4.78 is 5.13. The molecule has 0 aliphatic carbocycles. The molecule has 0 spiro atoms.